The highest BCUT2D eigenvalue weighted by molar-refractivity contribution is 5.20. The molecule has 3 N–H and O–H groups in total. The summed E-state index contributed by atoms with van der Waals surface area (Å²) in [4.78, 5) is 0. The Morgan fingerprint density at radius 1 is 0.875 bits per heavy atom. The first-order valence-electron chi connectivity index (χ1n) is 7.63. The van der Waals surface area contributed by atoms with Crippen LogP contribution in [0.25, 0.3) is 0 Å². The summed E-state index contributed by atoms with van der Waals surface area (Å²) in [5, 5.41) is 22.0. The minimum Gasteiger partial charge on any atom is -0.394 e. The van der Waals surface area contributed by atoms with Gasteiger partial charge in [-0.15, -0.1) is 0 Å². The summed E-state index contributed by atoms with van der Waals surface area (Å²) in [5.41, 5.74) is 0.984. The van der Waals surface area contributed by atoms with Crippen LogP contribution in [0, 0.1) is 0 Å². The highest BCUT2D eigenvalue weighted by Gasteiger charge is 2.41. The molecule has 3 atom stereocenters. The largest absolute Gasteiger partial charge is 0.403 e. The minimum atomic E-state index is -4.54. The molecule has 3 nitrogen and oxygen atoms in total. The Morgan fingerprint density at radius 2 is 1.38 bits per heavy atom. The van der Waals surface area contributed by atoms with Crippen molar-refractivity contribution in [3.63, 3.8) is 0 Å². The lowest BCUT2D eigenvalue weighted by molar-refractivity contribution is -0.165. The van der Waals surface area contributed by atoms with E-state index in [1.807, 2.05) is 0 Å². The molecule has 1 unspecified atom stereocenters. The maximum atomic E-state index is 13.4. The zero-order valence-electron chi connectivity index (χ0n) is 12.9. The van der Waals surface area contributed by atoms with Gasteiger partial charge in [0.2, 0.25) is 0 Å². The van der Waals surface area contributed by atoms with Crippen LogP contribution < -0.4 is 5.32 Å². The maximum Gasteiger partial charge on any atom is 0.403 e. The van der Waals surface area contributed by atoms with E-state index in [1.165, 1.54) is 0 Å². The van der Waals surface area contributed by atoms with E-state index in [9.17, 15) is 23.4 Å². The third-order valence-corrected chi connectivity index (χ3v) is 3.83. The summed E-state index contributed by atoms with van der Waals surface area (Å²) in [6, 6.07) is 13.9. The Morgan fingerprint density at radius 3 is 1.83 bits per heavy atom. The molecule has 2 rings (SSSR count). The van der Waals surface area contributed by atoms with Gasteiger partial charge in [-0.3, -0.25) is 5.32 Å². The second kappa shape index (κ2) is 8.28. The van der Waals surface area contributed by atoms with Crippen LogP contribution in [-0.2, 0) is 0 Å². The van der Waals surface area contributed by atoms with Gasteiger partial charge in [0, 0.05) is 6.42 Å². The molecule has 0 bridgehead atoms. The van der Waals surface area contributed by atoms with Gasteiger partial charge in [0.25, 0.3) is 0 Å². The third-order valence-electron chi connectivity index (χ3n) is 3.83. The van der Waals surface area contributed by atoms with E-state index in [1.54, 1.807) is 60.7 Å². The van der Waals surface area contributed by atoms with Gasteiger partial charge in [0.05, 0.1) is 18.8 Å². The molecule has 0 aliphatic carbocycles. The number of benzene rings is 2. The van der Waals surface area contributed by atoms with Crippen LogP contribution in [0.15, 0.2) is 60.7 Å². The summed E-state index contributed by atoms with van der Waals surface area (Å²) in [6.45, 7) is -0.474. The number of nitrogens with one attached hydrogen (secondary N) is 1. The molecule has 0 aliphatic rings. The summed E-state index contributed by atoms with van der Waals surface area (Å²) >= 11 is 0. The molecule has 6 heteroatoms. The molecule has 0 aromatic heterocycles. The van der Waals surface area contributed by atoms with Crippen molar-refractivity contribution in [1.82, 2.24) is 5.32 Å². The van der Waals surface area contributed by atoms with Gasteiger partial charge in [-0.25, -0.2) is 0 Å². The maximum absolute atomic E-state index is 13.4. The molecule has 0 saturated carbocycles. The number of rotatable bonds is 7. The van der Waals surface area contributed by atoms with Gasteiger partial charge < -0.3 is 10.2 Å². The first-order valence-corrected chi connectivity index (χ1v) is 7.63. The molecule has 0 amide bonds. The summed E-state index contributed by atoms with van der Waals surface area (Å²) in [6.07, 6.45) is -6.32. The van der Waals surface area contributed by atoms with Crippen LogP contribution in [0.2, 0.25) is 0 Å². The van der Waals surface area contributed by atoms with Crippen LogP contribution in [0.4, 0.5) is 13.2 Å². The minimum absolute atomic E-state index is 0.425. The SMILES string of the molecule is OC[C@H](N[C@H](CC(O)c1ccccc1)C(F)(F)F)c1ccccc1. The van der Waals surface area contributed by atoms with Crippen molar-refractivity contribution < 1.29 is 23.4 Å². The quantitative estimate of drug-likeness (QED) is 0.725. The third kappa shape index (κ3) is 5.06. The summed E-state index contributed by atoms with van der Waals surface area (Å²) < 4.78 is 40.1. The van der Waals surface area contributed by atoms with Crippen LogP contribution in [0.5, 0.6) is 0 Å². The van der Waals surface area contributed by atoms with E-state index < -0.39 is 37.4 Å². The lowest BCUT2D eigenvalue weighted by atomic mass is 9.99. The van der Waals surface area contributed by atoms with Crippen molar-refractivity contribution in [2.45, 2.75) is 30.8 Å². The Labute approximate surface area is 138 Å². The van der Waals surface area contributed by atoms with Crippen molar-refractivity contribution in [3.05, 3.63) is 71.8 Å². The van der Waals surface area contributed by atoms with E-state index in [-0.39, 0.29) is 0 Å². The molecule has 0 spiro atoms. The zero-order valence-corrected chi connectivity index (χ0v) is 12.9. The monoisotopic (exact) mass is 339 g/mol. The molecule has 0 fully saturated rings. The number of alkyl halides is 3. The predicted molar refractivity (Wildman–Crippen MR) is 85.3 cm³/mol. The average molecular weight is 339 g/mol. The van der Waals surface area contributed by atoms with Crippen LogP contribution in [0.1, 0.15) is 29.7 Å². The number of hydrogen-bond acceptors (Lipinski definition) is 3. The Hall–Kier alpha value is -1.89. The fourth-order valence-electron chi connectivity index (χ4n) is 2.51. The molecule has 0 radical (unpaired) electrons. The highest BCUT2D eigenvalue weighted by Crippen LogP contribution is 2.30. The normalized spacial score (nSPS) is 15.7. The van der Waals surface area contributed by atoms with Gasteiger partial charge in [-0.05, 0) is 11.1 Å². The van der Waals surface area contributed by atoms with E-state index in [0.717, 1.165) is 0 Å². The summed E-state index contributed by atoms with van der Waals surface area (Å²) in [7, 11) is 0. The predicted octanol–water partition coefficient (Wildman–Crippen LogP) is 3.36. The van der Waals surface area contributed by atoms with Gasteiger partial charge in [-0.1, -0.05) is 60.7 Å². The molecule has 2 aromatic carbocycles. The van der Waals surface area contributed by atoms with Gasteiger partial charge in [-0.2, -0.15) is 13.2 Å². The van der Waals surface area contributed by atoms with Crippen molar-refractivity contribution in [1.29, 1.82) is 0 Å². The highest BCUT2D eigenvalue weighted by atomic mass is 19.4. The number of hydrogen-bond donors (Lipinski definition) is 3. The van der Waals surface area contributed by atoms with Crippen LogP contribution >= 0.6 is 0 Å². The molecule has 24 heavy (non-hydrogen) atoms. The van der Waals surface area contributed by atoms with Gasteiger partial charge in [0.1, 0.15) is 6.04 Å². The Bertz CT molecular complexity index is 605. The first-order chi connectivity index (χ1) is 11.4. The lowest BCUT2D eigenvalue weighted by Crippen LogP contribution is -2.45. The van der Waals surface area contributed by atoms with Crippen LogP contribution in [-0.4, -0.2) is 29.0 Å². The first kappa shape index (κ1) is 18.4. The molecule has 2 aromatic rings. The van der Waals surface area contributed by atoms with E-state index in [2.05, 4.69) is 5.32 Å². The van der Waals surface area contributed by atoms with Crippen molar-refractivity contribution in [2.24, 2.45) is 0 Å². The van der Waals surface area contributed by atoms with Crippen molar-refractivity contribution in [2.75, 3.05) is 6.61 Å². The average Bonchev–Trinajstić information content (AvgIpc) is 2.59. The molecule has 0 aliphatic heterocycles. The second-order valence-corrected chi connectivity index (χ2v) is 5.57. The fraction of sp³-hybridized carbons (Fsp3) is 0.333. The fourth-order valence-corrected chi connectivity index (χ4v) is 2.51. The Balaban J connectivity index is 2.13. The second-order valence-electron chi connectivity index (χ2n) is 5.57. The van der Waals surface area contributed by atoms with Crippen molar-refractivity contribution in [3.8, 4) is 0 Å². The number of aliphatic hydroxyl groups excluding tert-OH is 2. The Kier molecular flexibility index (Phi) is 6.36. The molecule has 130 valence electrons. The number of aliphatic hydroxyl groups is 2. The van der Waals surface area contributed by atoms with Gasteiger partial charge >= 0.3 is 6.18 Å². The summed E-state index contributed by atoms with van der Waals surface area (Å²) in [5.74, 6) is 0. The topological polar surface area (TPSA) is 52.5 Å². The van der Waals surface area contributed by atoms with Crippen LogP contribution in [0.3, 0.4) is 0 Å². The standard InChI is InChI=1S/C18H20F3NO2/c19-18(20,21)17(11-16(24)14-9-5-2-6-10-14)22-15(12-23)13-7-3-1-4-8-13/h1-10,15-17,22-24H,11-12H2/t15-,16?,17+/m0/s1. The molecule has 0 saturated heterocycles. The van der Waals surface area contributed by atoms with Gasteiger partial charge in [0.15, 0.2) is 0 Å². The molecular formula is C18H20F3NO2. The zero-order chi connectivity index (χ0) is 17.6. The van der Waals surface area contributed by atoms with Crippen molar-refractivity contribution >= 4 is 0 Å². The van der Waals surface area contributed by atoms with E-state index >= 15 is 0 Å². The van der Waals surface area contributed by atoms with E-state index in [0.29, 0.717) is 11.1 Å². The smallest absolute Gasteiger partial charge is 0.394 e. The molecule has 0 heterocycles. The van der Waals surface area contributed by atoms with E-state index in [4.69, 9.17) is 0 Å². The molecular weight excluding hydrogens is 319 g/mol. The lowest BCUT2D eigenvalue weighted by Gasteiger charge is -2.28. The number of halogens is 3.